The Labute approximate surface area is 265 Å². The van der Waals surface area contributed by atoms with Crippen LogP contribution in [0, 0.1) is 13.8 Å². The third kappa shape index (κ3) is 2.63. The Morgan fingerprint density at radius 1 is 0.609 bits per heavy atom. The van der Waals surface area contributed by atoms with Crippen LogP contribution in [0.25, 0.3) is 55.4 Å². The first-order chi connectivity index (χ1) is 22.7. The average Bonchev–Trinajstić information content (AvgIpc) is 3.70. The zero-order valence-corrected chi connectivity index (χ0v) is 25.4. The molecule has 0 saturated heterocycles. The van der Waals surface area contributed by atoms with Crippen LogP contribution in [0.5, 0.6) is 11.6 Å². The molecule has 3 aliphatic heterocycles. The van der Waals surface area contributed by atoms with Gasteiger partial charge >= 0.3 is 11.5 Å². The number of rotatable bonds is 2. The van der Waals surface area contributed by atoms with Crippen LogP contribution in [0.1, 0.15) is 22.5 Å². The summed E-state index contributed by atoms with van der Waals surface area (Å²) in [4.78, 5) is 0. The summed E-state index contributed by atoms with van der Waals surface area (Å²) < 4.78 is 16.6. The highest BCUT2D eigenvalue weighted by molar-refractivity contribution is 6.12. The van der Waals surface area contributed by atoms with Gasteiger partial charge in [-0.1, -0.05) is 83.4 Å². The van der Waals surface area contributed by atoms with Gasteiger partial charge in [0, 0.05) is 23.8 Å². The second-order valence-electron chi connectivity index (χ2n) is 12.7. The van der Waals surface area contributed by atoms with E-state index in [1.165, 1.54) is 77.9 Å². The molecule has 3 aliphatic rings. The molecule has 216 valence electrons. The van der Waals surface area contributed by atoms with Gasteiger partial charge in [-0.3, -0.25) is 0 Å². The first-order valence-corrected chi connectivity index (χ1v) is 15.9. The summed E-state index contributed by atoms with van der Waals surface area (Å²) in [5.74, 6) is 1.73. The molecule has 0 bridgehead atoms. The fraction of sp³-hybridized carbons (Fsp3) is 0.0732. The number of ether oxygens (including phenoxy) is 1. The van der Waals surface area contributed by atoms with Gasteiger partial charge in [0.1, 0.15) is 5.69 Å². The Morgan fingerprint density at radius 3 is 2.22 bits per heavy atom. The van der Waals surface area contributed by atoms with Gasteiger partial charge in [-0.25, -0.2) is 0 Å². The zero-order chi connectivity index (χ0) is 30.3. The molecule has 5 aromatic carbocycles. The SMILES string of the molecule is Cc1c(-c2ccc(-c3ccccc3)cc2)c(C)[n+]2n1-c1cccc3c1C21c2c(ccc4c5ccccc5n-3c24)Oc2cccc[n+]21. The molecule has 8 aromatic rings. The predicted octanol–water partition coefficient (Wildman–Crippen LogP) is 8.13. The highest BCUT2D eigenvalue weighted by atomic mass is 16.5. The zero-order valence-electron chi connectivity index (χ0n) is 25.4. The molecule has 0 saturated carbocycles. The molecule has 1 atom stereocenters. The number of benzene rings is 5. The molecule has 0 radical (unpaired) electrons. The van der Waals surface area contributed by atoms with E-state index in [9.17, 15) is 0 Å². The van der Waals surface area contributed by atoms with E-state index in [1.54, 1.807) is 0 Å². The molecule has 0 fully saturated rings. The van der Waals surface area contributed by atoms with Gasteiger partial charge in [-0.2, -0.15) is 0 Å². The molecule has 6 heterocycles. The standard InChI is InChI=1S/C41H28N4O/c1-25-37(29-20-18-28(19-21-29)27-11-4-3-5-12-27)26(2)45-41-38-33(15-10-16-34(38)44(25)45)43-32-14-7-6-13-30(32)31-22-23-35(39(41)40(31)43)46-36-17-8-9-24-42(36)41/h3-24H,1-2H3/q+2. The van der Waals surface area contributed by atoms with Crippen LogP contribution < -0.4 is 14.0 Å². The minimum atomic E-state index is -0.683. The first-order valence-electron chi connectivity index (χ1n) is 15.9. The topological polar surface area (TPSA) is 26.8 Å². The fourth-order valence-corrected chi connectivity index (χ4v) is 8.86. The Morgan fingerprint density at radius 2 is 1.35 bits per heavy atom. The Balaban J connectivity index is 1.29. The summed E-state index contributed by atoms with van der Waals surface area (Å²) in [6.45, 7) is 4.55. The third-order valence-electron chi connectivity index (χ3n) is 10.5. The lowest BCUT2D eigenvalue weighted by atomic mass is 9.83. The van der Waals surface area contributed by atoms with Crippen LogP contribution in [0.2, 0.25) is 0 Å². The van der Waals surface area contributed by atoms with Crippen molar-refractivity contribution in [3.63, 3.8) is 0 Å². The van der Waals surface area contributed by atoms with E-state index < -0.39 is 5.66 Å². The van der Waals surface area contributed by atoms with Crippen molar-refractivity contribution >= 4 is 21.8 Å². The summed E-state index contributed by atoms with van der Waals surface area (Å²) in [6, 6.07) is 45.9. The molecule has 0 aliphatic carbocycles. The smallest absolute Gasteiger partial charge is 0.404 e. The van der Waals surface area contributed by atoms with E-state index in [4.69, 9.17) is 4.74 Å². The van der Waals surface area contributed by atoms with E-state index in [2.05, 4.69) is 166 Å². The lowest BCUT2D eigenvalue weighted by Gasteiger charge is -2.31. The van der Waals surface area contributed by atoms with Gasteiger partial charge in [-0.15, -0.1) is 4.68 Å². The molecule has 5 nitrogen and oxygen atoms in total. The van der Waals surface area contributed by atoms with E-state index in [-0.39, 0.29) is 0 Å². The Hall–Kier alpha value is -5.94. The van der Waals surface area contributed by atoms with Crippen LogP contribution in [0.15, 0.2) is 134 Å². The maximum absolute atomic E-state index is 6.76. The van der Waals surface area contributed by atoms with Gasteiger partial charge in [-0.05, 0) is 64.7 Å². The highest BCUT2D eigenvalue weighted by Gasteiger charge is 2.71. The molecule has 1 spiro atoms. The van der Waals surface area contributed by atoms with Crippen LogP contribution in [-0.4, -0.2) is 9.25 Å². The van der Waals surface area contributed by atoms with E-state index in [1.807, 2.05) is 0 Å². The number of pyridine rings is 1. The molecule has 0 N–H and O–H groups in total. The van der Waals surface area contributed by atoms with E-state index in [0.29, 0.717) is 0 Å². The first kappa shape index (κ1) is 24.4. The molecule has 46 heavy (non-hydrogen) atoms. The predicted molar refractivity (Wildman–Crippen MR) is 179 cm³/mol. The van der Waals surface area contributed by atoms with Gasteiger partial charge in [0.15, 0.2) is 23.1 Å². The van der Waals surface area contributed by atoms with E-state index in [0.717, 1.165) is 11.6 Å². The molecule has 11 rings (SSSR count). The molecular weight excluding hydrogens is 564 g/mol. The van der Waals surface area contributed by atoms with Crippen LogP contribution >= 0.6 is 0 Å². The minimum absolute atomic E-state index is 0.683. The average molecular weight is 593 g/mol. The van der Waals surface area contributed by atoms with Crippen molar-refractivity contribution in [2.45, 2.75) is 19.5 Å². The number of nitrogens with zero attached hydrogens (tertiary/aromatic N) is 4. The summed E-state index contributed by atoms with van der Waals surface area (Å²) >= 11 is 0. The van der Waals surface area contributed by atoms with Crippen molar-refractivity contribution < 1.29 is 14.0 Å². The van der Waals surface area contributed by atoms with Crippen molar-refractivity contribution in [2.75, 3.05) is 0 Å². The Bertz CT molecular complexity index is 2630. The number of para-hydroxylation sites is 1. The summed E-state index contributed by atoms with van der Waals surface area (Å²) in [5, 5.41) is 2.49. The largest absolute Gasteiger partial charge is 0.449 e. The van der Waals surface area contributed by atoms with Crippen molar-refractivity contribution in [1.82, 2.24) is 9.25 Å². The number of fused-ring (bicyclic) bond motifs is 7. The van der Waals surface area contributed by atoms with Crippen molar-refractivity contribution in [1.29, 1.82) is 0 Å². The van der Waals surface area contributed by atoms with Crippen LogP contribution in [-0.2, 0) is 5.66 Å². The highest BCUT2D eigenvalue weighted by Crippen LogP contribution is 2.55. The lowest BCUT2D eigenvalue weighted by Crippen LogP contribution is -2.77. The van der Waals surface area contributed by atoms with Gasteiger partial charge < -0.3 is 9.30 Å². The number of hydrogen-bond acceptors (Lipinski definition) is 1. The quantitative estimate of drug-likeness (QED) is 0.186. The summed E-state index contributed by atoms with van der Waals surface area (Å²) in [6.07, 6.45) is 2.19. The van der Waals surface area contributed by atoms with Crippen LogP contribution in [0.3, 0.4) is 0 Å². The van der Waals surface area contributed by atoms with Gasteiger partial charge in [0.05, 0.1) is 34.0 Å². The maximum Gasteiger partial charge on any atom is 0.449 e. The molecule has 5 heteroatoms. The number of aromatic nitrogens is 4. The molecular formula is C41H28N4O+2. The minimum Gasteiger partial charge on any atom is -0.404 e. The summed E-state index contributed by atoms with van der Waals surface area (Å²) in [5.41, 5.74) is 13.9. The molecule has 3 aromatic heterocycles. The number of hydrogen-bond donors (Lipinski definition) is 0. The van der Waals surface area contributed by atoms with Crippen molar-refractivity contribution in [3.05, 3.63) is 156 Å². The Kier molecular flexibility index (Phi) is 4.35. The lowest BCUT2D eigenvalue weighted by molar-refractivity contribution is -0.999. The normalized spacial score (nSPS) is 16.3. The van der Waals surface area contributed by atoms with Crippen molar-refractivity contribution in [3.8, 4) is 45.3 Å². The monoisotopic (exact) mass is 592 g/mol. The fourth-order valence-electron chi connectivity index (χ4n) is 8.86. The van der Waals surface area contributed by atoms with Crippen molar-refractivity contribution in [2.24, 2.45) is 0 Å². The summed E-state index contributed by atoms with van der Waals surface area (Å²) in [7, 11) is 0. The van der Waals surface area contributed by atoms with Crippen LogP contribution in [0.4, 0.5) is 0 Å². The van der Waals surface area contributed by atoms with E-state index >= 15 is 0 Å². The second kappa shape index (κ2) is 8.20. The second-order valence-corrected chi connectivity index (χ2v) is 12.7. The molecule has 1 unspecified atom stereocenters. The molecule has 0 amide bonds. The third-order valence-corrected chi connectivity index (χ3v) is 10.5. The van der Waals surface area contributed by atoms with Gasteiger partial charge in [0.2, 0.25) is 5.69 Å². The van der Waals surface area contributed by atoms with Gasteiger partial charge in [0.25, 0.3) is 0 Å². The maximum atomic E-state index is 6.76.